The molecular weight excluding hydrogens is 684 g/mol. The van der Waals surface area contributed by atoms with Crippen LogP contribution in [-0.4, -0.2) is 31.8 Å². The first-order chi connectivity index (χ1) is 23.7. The van der Waals surface area contributed by atoms with E-state index in [-0.39, 0.29) is 11.6 Å². The molecule has 50 heavy (non-hydrogen) atoms. The molecule has 0 amide bonds. The van der Waals surface area contributed by atoms with Crippen molar-refractivity contribution >= 4 is 29.2 Å². The van der Waals surface area contributed by atoms with Gasteiger partial charge in [0.05, 0.1) is 14.2 Å². The van der Waals surface area contributed by atoms with E-state index in [9.17, 15) is 0 Å². The van der Waals surface area contributed by atoms with E-state index in [4.69, 9.17) is 37.4 Å². The number of hydrogen-bond donors (Lipinski definition) is 1. The lowest BCUT2D eigenvalue weighted by molar-refractivity contribution is -0.209. The molecule has 10 heteroatoms. The first-order valence-electron chi connectivity index (χ1n) is 15.8. The number of rotatable bonds is 8. The Hall–Kier alpha value is -4.66. The van der Waals surface area contributed by atoms with Gasteiger partial charge in [0.2, 0.25) is 0 Å². The van der Waals surface area contributed by atoms with Crippen molar-refractivity contribution < 1.29 is 27.4 Å². The molecule has 5 aromatic rings. The molecule has 0 saturated heterocycles. The Kier molecular flexibility index (Phi) is 9.31. The van der Waals surface area contributed by atoms with E-state index in [1.165, 1.54) is 32.9 Å². The fraction of sp³-hybridized carbons (Fsp3) is 0.225. The maximum atomic E-state index is 16.8. The van der Waals surface area contributed by atoms with E-state index in [0.29, 0.717) is 32.7 Å². The first-order valence-corrected chi connectivity index (χ1v) is 16.6. The second kappa shape index (κ2) is 13.2. The van der Waals surface area contributed by atoms with E-state index in [2.05, 4.69) is 10.3 Å². The van der Waals surface area contributed by atoms with Crippen LogP contribution in [0.25, 0.3) is 11.1 Å². The lowest BCUT2D eigenvalue weighted by atomic mass is 9.75. The number of halogens is 5. The molecule has 1 aliphatic heterocycles. The molecule has 1 aliphatic rings. The number of aliphatic imine (C=N–C) groups is 1. The van der Waals surface area contributed by atoms with Gasteiger partial charge in [0.15, 0.2) is 11.1 Å². The van der Waals surface area contributed by atoms with Crippen molar-refractivity contribution in [2.45, 2.75) is 43.4 Å². The van der Waals surface area contributed by atoms with Crippen LogP contribution in [0, 0.1) is 5.82 Å². The Labute approximate surface area is 299 Å². The number of ether oxygens (including phenoxy) is 3. The molecular formula is C40H35Cl2F3N2O3. The summed E-state index contributed by atoms with van der Waals surface area (Å²) >= 11 is 12.5. The van der Waals surface area contributed by atoms with Gasteiger partial charge in [-0.15, -0.1) is 0 Å². The highest BCUT2D eigenvalue weighted by Crippen LogP contribution is 2.53. The number of benzene rings is 5. The van der Waals surface area contributed by atoms with Crippen LogP contribution >= 0.6 is 23.2 Å². The highest BCUT2D eigenvalue weighted by molar-refractivity contribution is 6.35. The minimum atomic E-state index is -3.70. The third kappa shape index (κ3) is 6.05. The van der Waals surface area contributed by atoms with Gasteiger partial charge in [-0.25, -0.2) is 9.38 Å². The van der Waals surface area contributed by atoms with Crippen LogP contribution in [0.5, 0.6) is 11.5 Å². The van der Waals surface area contributed by atoms with Crippen molar-refractivity contribution in [1.29, 1.82) is 0 Å². The minimum absolute atomic E-state index is 0.213. The summed E-state index contributed by atoms with van der Waals surface area (Å²) in [5.41, 5.74) is -3.00. The smallest absolute Gasteiger partial charge is 0.315 e. The zero-order chi connectivity index (χ0) is 35.9. The van der Waals surface area contributed by atoms with E-state index in [1.54, 1.807) is 32.4 Å². The van der Waals surface area contributed by atoms with Crippen molar-refractivity contribution in [2.75, 3.05) is 14.2 Å². The summed E-state index contributed by atoms with van der Waals surface area (Å²) in [6, 6.07) is 32.9. The molecule has 5 aromatic carbocycles. The molecule has 1 atom stereocenters. The molecule has 0 aliphatic carbocycles. The molecule has 6 rings (SSSR count). The fourth-order valence-electron chi connectivity index (χ4n) is 6.52. The number of amidine groups is 1. The lowest BCUT2D eigenvalue weighted by Crippen LogP contribution is -2.64. The van der Waals surface area contributed by atoms with E-state index < -0.39 is 28.4 Å². The Bertz CT molecular complexity index is 1970. The summed E-state index contributed by atoms with van der Waals surface area (Å²) in [6.45, 7) is 3.76. The summed E-state index contributed by atoms with van der Waals surface area (Å²) in [7, 11) is 3.15. The quantitative estimate of drug-likeness (QED) is 0.162. The average molecular weight is 720 g/mol. The molecule has 0 bridgehead atoms. The Morgan fingerprint density at radius 1 is 0.680 bits per heavy atom. The van der Waals surface area contributed by atoms with Gasteiger partial charge in [0.25, 0.3) is 6.02 Å². The first kappa shape index (κ1) is 35.2. The van der Waals surface area contributed by atoms with Gasteiger partial charge in [-0.1, -0.05) is 83.9 Å². The summed E-state index contributed by atoms with van der Waals surface area (Å²) in [5, 5.41) is 4.14. The molecule has 0 fully saturated rings. The zero-order valence-corrected chi connectivity index (χ0v) is 29.5. The van der Waals surface area contributed by atoms with Gasteiger partial charge >= 0.3 is 5.92 Å². The van der Waals surface area contributed by atoms with E-state index in [0.717, 1.165) is 22.8 Å². The molecule has 0 saturated carbocycles. The second-order valence-corrected chi connectivity index (χ2v) is 13.6. The highest BCUT2D eigenvalue weighted by atomic mass is 35.5. The zero-order valence-electron chi connectivity index (χ0n) is 28.0. The van der Waals surface area contributed by atoms with Crippen LogP contribution in [0.1, 0.15) is 43.0 Å². The molecule has 0 unspecified atom stereocenters. The van der Waals surface area contributed by atoms with E-state index in [1.807, 2.05) is 78.9 Å². The highest BCUT2D eigenvalue weighted by Gasteiger charge is 2.66. The summed E-state index contributed by atoms with van der Waals surface area (Å²) < 4.78 is 66.5. The standard InChI is InChI=1S/C40H35Cl2F3N2O3/c1-37(2)40(44,45)38(3,34-23-25(11-20-35(34)43)26-21-30(41)24-31(42)22-26)46-36(50-37)47-39(27-9-7-6-8-10-27,28-12-16-32(48-4)17-13-28)29-14-18-33(49-5)19-15-29/h6-24H,1-5H3,(H,46,47)/t38-/m1/s1. The van der Waals surface area contributed by atoms with Gasteiger partial charge in [-0.2, -0.15) is 8.78 Å². The van der Waals surface area contributed by atoms with Gasteiger partial charge in [-0.05, 0) is 103 Å². The second-order valence-electron chi connectivity index (χ2n) is 12.7. The maximum absolute atomic E-state index is 16.8. The molecule has 1 N–H and O–H groups in total. The third-order valence-corrected chi connectivity index (χ3v) is 9.71. The molecule has 0 aromatic heterocycles. The van der Waals surface area contributed by atoms with Crippen molar-refractivity contribution in [3.63, 3.8) is 0 Å². The van der Waals surface area contributed by atoms with Crippen molar-refractivity contribution in [3.8, 4) is 22.6 Å². The SMILES string of the molecule is COc1ccc(C(NC2=N[C@](C)(c3cc(-c4cc(Cl)cc(Cl)c4)ccc3F)C(F)(F)C(C)(C)O2)(c2ccccc2)c2ccc(OC)cc2)cc1. The maximum Gasteiger partial charge on any atom is 0.315 e. The summed E-state index contributed by atoms with van der Waals surface area (Å²) in [6.07, 6.45) is 0. The topological polar surface area (TPSA) is 52.1 Å². The van der Waals surface area contributed by atoms with Crippen LogP contribution in [0.2, 0.25) is 10.0 Å². The molecule has 5 nitrogen and oxygen atoms in total. The summed E-state index contributed by atoms with van der Waals surface area (Å²) in [5.74, 6) is -3.31. The van der Waals surface area contributed by atoms with Gasteiger partial charge < -0.3 is 19.5 Å². The van der Waals surface area contributed by atoms with Gasteiger partial charge in [0, 0.05) is 15.6 Å². The lowest BCUT2D eigenvalue weighted by Gasteiger charge is -2.49. The normalized spacial score (nSPS) is 18.1. The number of methoxy groups -OCH3 is 2. The van der Waals surface area contributed by atoms with Gasteiger partial charge in [0.1, 0.15) is 22.9 Å². The predicted molar refractivity (Wildman–Crippen MR) is 192 cm³/mol. The average Bonchev–Trinajstić information content (AvgIpc) is 3.10. The largest absolute Gasteiger partial charge is 0.497 e. The van der Waals surface area contributed by atoms with Crippen molar-refractivity contribution in [3.05, 3.63) is 153 Å². The Morgan fingerprint density at radius 2 is 1.20 bits per heavy atom. The number of alkyl halides is 2. The Balaban J connectivity index is 1.60. The van der Waals surface area contributed by atoms with E-state index >= 15 is 13.2 Å². The van der Waals surface area contributed by atoms with Crippen LogP contribution in [0.4, 0.5) is 13.2 Å². The molecule has 0 spiro atoms. The number of hydrogen-bond acceptors (Lipinski definition) is 5. The van der Waals surface area contributed by atoms with Crippen molar-refractivity contribution in [1.82, 2.24) is 5.32 Å². The van der Waals surface area contributed by atoms with Crippen LogP contribution in [0.15, 0.2) is 120 Å². The monoisotopic (exact) mass is 718 g/mol. The van der Waals surface area contributed by atoms with Crippen molar-refractivity contribution in [2.24, 2.45) is 4.99 Å². The van der Waals surface area contributed by atoms with Crippen LogP contribution in [-0.2, 0) is 15.8 Å². The number of nitrogens with zero attached hydrogens (tertiary/aromatic N) is 1. The third-order valence-electron chi connectivity index (χ3n) is 9.28. The Morgan fingerprint density at radius 3 is 1.72 bits per heavy atom. The summed E-state index contributed by atoms with van der Waals surface area (Å²) in [4.78, 5) is 4.58. The molecule has 0 radical (unpaired) electrons. The minimum Gasteiger partial charge on any atom is -0.497 e. The van der Waals surface area contributed by atoms with Crippen LogP contribution < -0.4 is 14.8 Å². The fourth-order valence-corrected chi connectivity index (χ4v) is 7.04. The van der Waals surface area contributed by atoms with Gasteiger partial charge in [-0.3, -0.25) is 0 Å². The molecule has 258 valence electrons. The predicted octanol–water partition coefficient (Wildman–Crippen LogP) is 10.4. The van der Waals surface area contributed by atoms with Crippen LogP contribution in [0.3, 0.4) is 0 Å². The molecule has 1 heterocycles. The number of nitrogens with one attached hydrogen (secondary N) is 1.